The fourth-order valence-electron chi connectivity index (χ4n) is 1.48. The zero-order valence-electron chi connectivity index (χ0n) is 11.8. The Morgan fingerprint density at radius 2 is 2.23 bits per heavy atom. The van der Waals surface area contributed by atoms with Gasteiger partial charge in [0, 0.05) is 17.5 Å². The summed E-state index contributed by atoms with van der Waals surface area (Å²) in [4.78, 5) is 22.1. The van der Waals surface area contributed by atoms with Crippen molar-refractivity contribution in [2.24, 2.45) is 11.0 Å². The van der Waals surface area contributed by atoms with E-state index in [1.165, 1.54) is 12.1 Å². The van der Waals surface area contributed by atoms with Crippen LogP contribution in [0.3, 0.4) is 0 Å². The summed E-state index contributed by atoms with van der Waals surface area (Å²) in [6.45, 7) is 0.615. The molecule has 1 atom stereocenters. The van der Waals surface area contributed by atoms with Crippen molar-refractivity contribution in [1.29, 1.82) is 0 Å². The van der Waals surface area contributed by atoms with Crippen molar-refractivity contribution in [2.45, 2.75) is 12.5 Å². The molecule has 0 spiro atoms. The van der Waals surface area contributed by atoms with Crippen molar-refractivity contribution >= 4 is 30.0 Å². The van der Waals surface area contributed by atoms with Crippen molar-refractivity contribution in [3.63, 3.8) is 0 Å². The van der Waals surface area contributed by atoms with Crippen LogP contribution in [0.5, 0.6) is 0 Å². The number of likely N-dealkylation sites (N-methyl/N-ethyl adjacent to an activating group) is 1. The van der Waals surface area contributed by atoms with Crippen LogP contribution in [0, 0.1) is 10.1 Å². The van der Waals surface area contributed by atoms with Gasteiger partial charge in [-0.15, -0.1) is 0 Å². The molecule has 10 nitrogen and oxygen atoms in total. The Morgan fingerprint density at radius 3 is 2.73 bits per heavy atom. The van der Waals surface area contributed by atoms with E-state index in [0.29, 0.717) is 11.4 Å². The molecular weight excluding hydrogens is 335 g/mol. The monoisotopic (exact) mass is 352 g/mol. The number of nitro groups is 1. The fraction of sp³-hybridized carbons (Fsp3) is 0.500. The zero-order valence-corrected chi connectivity index (χ0v) is 13.5. The van der Waals surface area contributed by atoms with Gasteiger partial charge in [-0.3, -0.25) is 24.0 Å². The maximum Gasteiger partial charge on any atom is 0.336 e. The number of nitrogens with two attached hydrogens (primary N) is 2. The number of nitrogens with zero attached hydrogens (tertiary/aromatic N) is 1. The van der Waals surface area contributed by atoms with Crippen LogP contribution in [0.4, 0.5) is 5.00 Å². The number of nitrogens with one attached hydrogen (secondary N) is 1. The molecular formula is C10H17N4O6PS. The van der Waals surface area contributed by atoms with Crippen LogP contribution < -0.4 is 16.3 Å². The molecule has 12 heteroatoms. The minimum atomic E-state index is -3.87. The lowest BCUT2D eigenvalue weighted by Crippen LogP contribution is -2.20. The van der Waals surface area contributed by atoms with E-state index in [2.05, 4.69) is 5.32 Å². The largest absolute Gasteiger partial charge is 0.464 e. The van der Waals surface area contributed by atoms with Crippen molar-refractivity contribution in [3.05, 3.63) is 27.1 Å². The van der Waals surface area contributed by atoms with Crippen LogP contribution >= 0.6 is 19.0 Å². The van der Waals surface area contributed by atoms with Crippen LogP contribution in [0.2, 0.25) is 0 Å². The lowest BCUT2D eigenvalue weighted by molar-refractivity contribution is -0.380. The topological polar surface area (TPSA) is 160 Å². The molecule has 0 aliphatic rings. The molecule has 124 valence electrons. The lowest BCUT2D eigenvalue weighted by Gasteiger charge is -2.17. The first-order valence-corrected chi connectivity index (χ1v) is 8.71. The second-order valence-electron chi connectivity index (χ2n) is 4.20. The van der Waals surface area contributed by atoms with Gasteiger partial charge < -0.3 is 10.1 Å². The van der Waals surface area contributed by atoms with E-state index in [1.807, 2.05) is 0 Å². The van der Waals surface area contributed by atoms with Gasteiger partial charge in [-0.25, -0.2) is 11.0 Å². The third kappa shape index (κ3) is 6.60. The second-order valence-corrected chi connectivity index (χ2v) is 6.80. The molecule has 22 heavy (non-hydrogen) atoms. The summed E-state index contributed by atoms with van der Waals surface area (Å²) < 4.78 is 21.3. The number of thiophene rings is 1. The summed E-state index contributed by atoms with van der Waals surface area (Å²) >= 11 is 0.784. The summed E-state index contributed by atoms with van der Waals surface area (Å²) in [5.41, 5.74) is 10.3. The number of hydrogen-bond acceptors (Lipinski definition) is 8. The molecule has 0 fully saturated rings. The highest BCUT2D eigenvalue weighted by molar-refractivity contribution is 7.53. The molecule has 0 bridgehead atoms. The Labute approximate surface area is 130 Å². The van der Waals surface area contributed by atoms with Gasteiger partial charge in [0.2, 0.25) is 0 Å². The van der Waals surface area contributed by atoms with Gasteiger partial charge in [0.1, 0.15) is 12.7 Å². The number of ether oxygens (including phenoxy) is 1. The van der Waals surface area contributed by atoms with Crippen molar-refractivity contribution < 1.29 is 23.5 Å². The summed E-state index contributed by atoms with van der Waals surface area (Å²) in [6.07, 6.45) is -1.37. The number of carbonyl (C=O) groups is 1. The molecule has 1 aromatic heterocycles. The first-order valence-electron chi connectivity index (χ1n) is 6.13. The van der Waals surface area contributed by atoms with Crippen molar-refractivity contribution in [2.75, 3.05) is 20.2 Å². The summed E-state index contributed by atoms with van der Waals surface area (Å²) in [5, 5.41) is 13.3. The molecule has 1 rings (SSSR count). The molecule has 0 saturated heterocycles. The summed E-state index contributed by atoms with van der Waals surface area (Å²) in [7, 11) is -2.17. The maximum absolute atomic E-state index is 11.7. The van der Waals surface area contributed by atoms with Gasteiger partial charge in [-0.2, -0.15) is 0 Å². The lowest BCUT2D eigenvalue weighted by atomic mass is 10.2. The van der Waals surface area contributed by atoms with E-state index < -0.39 is 24.7 Å². The Bertz CT molecular complexity index is 574. The third-order valence-electron chi connectivity index (χ3n) is 2.37. The molecule has 0 amide bonds. The first kappa shape index (κ1) is 18.7. The van der Waals surface area contributed by atoms with E-state index in [1.54, 1.807) is 7.05 Å². The van der Waals surface area contributed by atoms with E-state index in [0.717, 1.165) is 11.3 Å². The Kier molecular flexibility index (Phi) is 7.07. The van der Waals surface area contributed by atoms with E-state index in [4.69, 9.17) is 20.3 Å². The first-order chi connectivity index (χ1) is 10.2. The molecule has 1 aromatic rings. The van der Waals surface area contributed by atoms with Gasteiger partial charge in [0.05, 0.1) is 11.3 Å². The van der Waals surface area contributed by atoms with E-state index in [-0.39, 0.29) is 18.0 Å². The molecule has 1 unspecified atom stereocenters. The Hall–Kier alpha value is -1.36. The minimum absolute atomic E-state index is 0.143. The molecule has 0 radical (unpaired) electrons. The van der Waals surface area contributed by atoms with Crippen molar-refractivity contribution in [1.82, 2.24) is 5.32 Å². The Balaban J connectivity index is 2.81. The van der Waals surface area contributed by atoms with Crippen LogP contribution in [0.15, 0.2) is 12.1 Å². The normalized spacial score (nSPS) is 12.9. The summed E-state index contributed by atoms with van der Waals surface area (Å²) in [6, 6.07) is 2.64. The van der Waals surface area contributed by atoms with Gasteiger partial charge >= 0.3 is 18.6 Å². The number of hydrogen-bond donors (Lipinski definition) is 3. The molecule has 0 aromatic carbocycles. The predicted molar refractivity (Wildman–Crippen MR) is 80.3 cm³/mol. The molecule has 5 N–H and O–H groups in total. The van der Waals surface area contributed by atoms with Crippen LogP contribution in [-0.4, -0.2) is 31.1 Å². The molecule has 0 aliphatic carbocycles. The van der Waals surface area contributed by atoms with Gasteiger partial charge in [0.25, 0.3) is 0 Å². The number of rotatable bonds is 9. The predicted octanol–water partition coefficient (Wildman–Crippen LogP) is 0.892. The smallest absolute Gasteiger partial charge is 0.336 e. The highest BCUT2D eigenvalue weighted by atomic mass is 32.1. The van der Waals surface area contributed by atoms with Crippen LogP contribution in [0.1, 0.15) is 17.4 Å². The Morgan fingerprint density at radius 1 is 1.55 bits per heavy atom. The third-order valence-corrected chi connectivity index (χ3v) is 4.08. The quantitative estimate of drug-likeness (QED) is 0.193. The number of carbonyl (C=O) groups excluding carboxylic acids is 1. The second kappa shape index (κ2) is 8.32. The minimum Gasteiger partial charge on any atom is -0.464 e. The van der Waals surface area contributed by atoms with Gasteiger partial charge in [-0.05, 0) is 13.1 Å². The number of esters is 1. The fourth-order valence-corrected chi connectivity index (χ4v) is 2.99. The summed E-state index contributed by atoms with van der Waals surface area (Å²) in [5.74, 6) is -0.621. The van der Waals surface area contributed by atoms with Gasteiger partial charge in [-0.1, -0.05) is 11.3 Å². The SMILES string of the molecule is CNCCOC(=O)CC(OP(N)(N)=O)c1ccc([N+](=O)[O-])s1. The van der Waals surface area contributed by atoms with E-state index >= 15 is 0 Å². The highest BCUT2D eigenvalue weighted by Gasteiger charge is 2.27. The van der Waals surface area contributed by atoms with Gasteiger partial charge in [0.15, 0.2) is 0 Å². The van der Waals surface area contributed by atoms with Crippen LogP contribution in [0.25, 0.3) is 0 Å². The average molecular weight is 352 g/mol. The average Bonchev–Trinajstić information content (AvgIpc) is 2.86. The van der Waals surface area contributed by atoms with Crippen molar-refractivity contribution in [3.8, 4) is 0 Å². The zero-order chi connectivity index (χ0) is 16.8. The van der Waals surface area contributed by atoms with Crippen LogP contribution in [-0.2, 0) is 18.6 Å². The molecule has 0 aliphatic heterocycles. The molecule has 0 saturated carbocycles. The highest BCUT2D eigenvalue weighted by Crippen LogP contribution is 2.41. The van der Waals surface area contributed by atoms with E-state index in [9.17, 15) is 19.5 Å². The standard InChI is InChI=1S/C10H17N4O6PS/c1-13-4-5-19-10(15)6-7(20-21(11,12)18)8-2-3-9(22-8)14(16)17/h2-3,7,13H,4-6H2,1H3,(H4,11,12,18). The maximum atomic E-state index is 11.7. The molecule has 1 heterocycles.